The van der Waals surface area contributed by atoms with E-state index in [0.29, 0.717) is 0 Å². The van der Waals surface area contributed by atoms with Crippen molar-refractivity contribution in [2.24, 2.45) is 0 Å². The van der Waals surface area contributed by atoms with Crippen LogP contribution in [0, 0.1) is 0 Å². The summed E-state index contributed by atoms with van der Waals surface area (Å²) in [7, 11) is 0. The van der Waals surface area contributed by atoms with Crippen LogP contribution in [0.3, 0.4) is 0 Å². The highest BCUT2D eigenvalue weighted by Crippen LogP contribution is 2.06. The first-order valence-electron chi connectivity index (χ1n) is 4.92. The standard InChI is InChI=1S/C10H14N4/c1-3-13(4-2)14-11-9-7-5-6-8-10(9)12-14/h5-8H,3-4H2,1-2H3. The van der Waals surface area contributed by atoms with E-state index in [1.54, 1.807) is 4.91 Å². The molecule has 1 aromatic heterocycles. The fourth-order valence-corrected chi connectivity index (χ4v) is 1.45. The molecule has 0 atom stereocenters. The first kappa shape index (κ1) is 8.99. The van der Waals surface area contributed by atoms with Crippen molar-refractivity contribution in [3.63, 3.8) is 0 Å². The molecule has 2 aromatic rings. The quantitative estimate of drug-likeness (QED) is 0.733. The van der Waals surface area contributed by atoms with Crippen LogP contribution in [0.1, 0.15) is 13.8 Å². The van der Waals surface area contributed by atoms with E-state index in [4.69, 9.17) is 0 Å². The van der Waals surface area contributed by atoms with E-state index in [2.05, 4.69) is 29.1 Å². The molecule has 4 nitrogen and oxygen atoms in total. The minimum absolute atomic E-state index is 0.914. The average Bonchev–Trinajstić information content (AvgIpc) is 2.63. The molecule has 0 aliphatic heterocycles. The molecule has 14 heavy (non-hydrogen) atoms. The summed E-state index contributed by atoms with van der Waals surface area (Å²) in [6.45, 7) is 6.02. The molecule has 0 amide bonds. The monoisotopic (exact) mass is 190 g/mol. The van der Waals surface area contributed by atoms with Crippen molar-refractivity contribution in [1.82, 2.24) is 15.1 Å². The SMILES string of the molecule is CCN(CC)n1nc2ccccc2n1. The molecule has 0 fully saturated rings. The van der Waals surface area contributed by atoms with Crippen molar-refractivity contribution in [1.29, 1.82) is 0 Å². The maximum Gasteiger partial charge on any atom is 0.115 e. The fourth-order valence-electron chi connectivity index (χ4n) is 1.45. The van der Waals surface area contributed by atoms with Crippen LogP contribution in [0.4, 0.5) is 0 Å². The molecule has 0 bridgehead atoms. The highest BCUT2D eigenvalue weighted by Gasteiger charge is 2.05. The highest BCUT2D eigenvalue weighted by atomic mass is 15.8. The number of hydrogen-bond donors (Lipinski definition) is 0. The lowest BCUT2D eigenvalue weighted by Crippen LogP contribution is -2.35. The third kappa shape index (κ3) is 1.43. The highest BCUT2D eigenvalue weighted by molar-refractivity contribution is 5.73. The first-order valence-corrected chi connectivity index (χ1v) is 4.92. The number of benzene rings is 1. The summed E-state index contributed by atoms with van der Waals surface area (Å²) in [5.41, 5.74) is 1.89. The zero-order valence-corrected chi connectivity index (χ0v) is 8.51. The number of nitrogens with zero attached hydrogens (tertiary/aromatic N) is 4. The van der Waals surface area contributed by atoms with Gasteiger partial charge in [-0.3, -0.25) is 5.01 Å². The Morgan fingerprint density at radius 2 is 1.57 bits per heavy atom. The van der Waals surface area contributed by atoms with Gasteiger partial charge in [-0.25, -0.2) is 0 Å². The molecule has 74 valence electrons. The topological polar surface area (TPSA) is 34.0 Å². The average molecular weight is 190 g/mol. The van der Waals surface area contributed by atoms with Crippen LogP contribution in [0.25, 0.3) is 11.0 Å². The van der Waals surface area contributed by atoms with Crippen LogP contribution in [-0.2, 0) is 0 Å². The molecule has 0 spiro atoms. The number of aromatic nitrogens is 3. The summed E-state index contributed by atoms with van der Waals surface area (Å²) in [5, 5.41) is 10.8. The van der Waals surface area contributed by atoms with Gasteiger partial charge in [0.25, 0.3) is 0 Å². The van der Waals surface area contributed by atoms with Crippen molar-refractivity contribution >= 4 is 11.0 Å². The Kier molecular flexibility index (Phi) is 2.35. The van der Waals surface area contributed by atoms with Crippen molar-refractivity contribution < 1.29 is 0 Å². The predicted molar refractivity (Wildman–Crippen MR) is 56.8 cm³/mol. The molecule has 1 heterocycles. The third-order valence-corrected chi connectivity index (χ3v) is 2.26. The maximum absolute atomic E-state index is 4.39. The maximum atomic E-state index is 4.39. The lowest BCUT2D eigenvalue weighted by molar-refractivity contribution is 0.499. The Balaban J connectivity index is 2.43. The molecule has 1 aromatic carbocycles. The summed E-state index contributed by atoms with van der Waals surface area (Å²) in [5.74, 6) is 0. The smallest absolute Gasteiger partial charge is 0.115 e. The van der Waals surface area contributed by atoms with E-state index in [1.165, 1.54) is 0 Å². The van der Waals surface area contributed by atoms with E-state index in [0.717, 1.165) is 24.1 Å². The van der Waals surface area contributed by atoms with Gasteiger partial charge in [0.2, 0.25) is 0 Å². The van der Waals surface area contributed by atoms with Gasteiger partial charge < -0.3 is 0 Å². The molecule has 0 unspecified atom stereocenters. The van der Waals surface area contributed by atoms with Gasteiger partial charge in [-0.15, -0.1) is 10.2 Å². The Morgan fingerprint density at radius 3 is 2.00 bits per heavy atom. The molecular weight excluding hydrogens is 176 g/mol. The second-order valence-corrected chi connectivity index (χ2v) is 3.10. The minimum Gasteiger partial charge on any atom is -0.280 e. The number of hydrogen-bond acceptors (Lipinski definition) is 3. The van der Waals surface area contributed by atoms with E-state index >= 15 is 0 Å². The predicted octanol–water partition coefficient (Wildman–Crippen LogP) is 1.41. The van der Waals surface area contributed by atoms with Crippen LogP contribution in [0.15, 0.2) is 24.3 Å². The van der Waals surface area contributed by atoms with Gasteiger partial charge in [-0.1, -0.05) is 17.0 Å². The molecule has 0 saturated heterocycles. The van der Waals surface area contributed by atoms with Crippen molar-refractivity contribution in [3.05, 3.63) is 24.3 Å². The van der Waals surface area contributed by atoms with Gasteiger partial charge >= 0.3 is 0 Å². The largest absolute Gasteiger partial charge is 0.280 e. The van der Waals surface area contributed by atoms with Gasteiger partial charge in [0.15, 0.2) is 0 Å². The zero-order chi connectivity index (χ0) is 9.97. The van der Waals surface area contributed by atoms with E-state index < -0.39 is 0 Å². The summed E-state index contributed by atoms with van der Waals surface area (Å²) in [4.78, 5) is 1.69. The Morgan fingerprint density at radius 1 is 1.07 bits per heavy atom. The lowest BCUT2D eigenvalue weighted by atomic mass is 10.3. The second-order valence-electron chi connectivity index (χ2n) is 3.10. The fraction of sp³-hybridized carbons (Fsp3) is 0.400. The molecule has 0 aliphatic rings. The zero-order valence-electron chi connectivity index (χ0n) is 8.51. The Hall–Kier alpha value is -1.58. The lowest BCUT2D eigenvalue weighted by Gasteiger charge is -2.17. The number of rotatable bonds is 3. The molecule has 2 rings (SSSR count). The molecule has 0 N–H and O–H groups in total. The Bertz CT molecular complexity index is 384. The van der Waals surface area contributed by atoms with Crippen LogP contribution in [-0.4, -0.2) is 28.2 Å². The summed E-state index contributed by atoms with van der Waals surface area (Å²) in [6.07, 6.45) is 0. The molecule has 4 heteroatoms. The molecule has 0 aliphatic carbocycles. The summed E-state index contributed by atoms with van der Waals surface area (Å²) in [6, 6.07) is 7.90. The van der Waals surface area contributed by atoms with Gasteiger partial charge in [-0.05, 0) is 26.0 Å². The first-order chi connectivity index (χ1) is 6.85. The van der Waals surface area contributed by atoms with Gasteiger partial charge in [-0.2, -0.15) is 0 Å². The third-order valence-electron chi connectivity index (χ3n) is 2.26. The van der Waals surface area contributed by atoms with E-state index in [-0.39, 0.29) is 0 Å². The van der Waals surface area contributed by atoms with Gasteiger partial charge in [0.1, 0.15) is 11.0 Å². The van der Waals surface area contributed by atoms with Crippen molar-refractivity contribution in [3.8, 4) is 0 Å². The van der Waals surface area contributed by atoms with Crippen LogP contribution in [0.5, 0.6) is 0 Å². The van der Waals surface area contributed by atoms with Crippen LogP contribution in [0.2, 0.25) is 0 Å². The van der Waals surface area contributed by atoms with Crippen molar-refractivity contribution in [2.75, 3.05) is 18.1 Å². The summed E-state index contributed by atoms with van der Waals surface area (Å²) < 4.78 is 0. The second kappa shape index (κ2) is 3.65. The van der Waals surface area contributed by atoms with Crippen LogP contribution < -0.4 is 5.01 Å². The molecule has 0 saturated carbocycles. The normalized spacial score (nSPS) is 10.7. The van der Waals surface area contributed by atoms with Gasteiger partial charge in [0, 0.05) is 13.1 Å². The number of fused-ring (bicyclic) bond motifs is 1. The molecular formula is C10H14N4. The van der Waals surface area contributed by atoms with Crippen molar-refractivity contribution in [2.45, 2.75) is 13.8 Å². The van der Waals surface area contributed by atoms with E-state index in [1.807, 2.05) is 24.3 Å². The minimum atomic E-state index is 0.914. The van der Waals surface area contributed by atoms with Crippen LogP contribution >= 0.6 is 0 Å². The summed E-state index contributed by atoms with van der Waals surface area (Å²) >= 11 is 0. The molecule has 0 radical (unpaired) electrons. The Labute approximate surface area is 83.1 Å². The van der Waals surface area contributed by atoms with Gasteiger partial charge in [0.05, 0.1) is 0 Å². The van der Waals surface area contributed by atoms with E-state index in [9.17, 15) is 0 Å².